The van der Waals surface area contributed by atoms with Gasteiger partial charge in [0.1, 0.15) is 5.82 Å². The van der Waals surface area contributed by atoms with Gasteiger partial charge in [0.2, 0.25) is 5.91 Å². The van der Waals surface area contributed by atoms with E-state index in [0.29, 0.717) is 31.7 Å². The third-order valence-corrected chi connectivity index (χ3v) is 5.92. The third-order valence-electron chi connectivity index (χ3n) is 5.92. The van der Waals surface area contributed by atoms with Crippen molar-refractivity contribution in [2.45, 2.75) is 63.6 Å². The van der Waals surface area contributed by atoms with Gasteiger partial charge in [-0.15, -0.1) is 0 Å². The first-order chi connectivity index (χ1) is 14.4. The van der Waals surface area contributed by atoms with E-state index in [1.165, 1.54) is 30.2 Å². The third kappa shape index (κ3) is 4.76. The maximum Gasteiger partial charge on any atom is 0.417 e. The molecule has 1 atom stereocenters. The summed E-state index contributed by atoms with van der Waals surface area (Å²) in [7, 11) is 0. The Labute approximate surface area is 173 Å². The summed E-state index contributed by atoms with van der Waals surface area (Å²) in [4.78, 5) is 18.4. The molecule has 3 heterocycles. The second-order valence-corrected chi connectivity index (χ2v) is 8.09. The van der Waals surface area contributed by atoms with Crippen molar-refractivity contribution in [2.24, 2.45) is 0 Å². The number of pyridine rings is 1. The molecule has 0 radical (unpaired) electrons. The minimum absolute atomic E-state index is 0.0187. The van der Waals surface area contributed by atoms with E-state index >= 15 is 0 Å². The van der Waals surface area contributed by atoms with E-state index < -0.39 is 11.7 Å². The molecule has 2 aliphatic rings. The van der Waals surface area contributed by atoms with E-state index in [0.717, 1.165) is 43.6 Å². The van der Waals surface area contributed by atoms with Crippen molar-refractivity contribution in [3.05, 3.63) is 40.8 Å². The highest BCUT2D eigenvalue weighted by Gasteiger charge is 2.31. The van der Waals surface area contributed by atoms with Crippen LogP contribution in [0.15, 0.2) is 18.3 Å². The second-order valence-electron chi connectivity index (χ2n) is 8.09. The van der Waals surface area contributed by atoms with Crippen LogP contribution in [0.3, 0.4) is 0 Å². The first-order valence-corrected chi connectivity index (χ1v) is 10.5. The minimum Gasteiger partial charge on any atom is -0.355 e. The summed E-state index contributed by atoms with van der Waals surface area (Å²) >= 11 is 0. The maximum absolute atomic E-state index is 12.7. The molecule has 30 heavy (non-hydrogen) atoms. The van der Waals surface area contributed by atoms with Crippen LogP contribution in [0.1, 0.15) is 54.6 Å². The number of anilines is 1. The van der Waals surface area contributed by atoms with Gasteiger partial charge in [0.15, 0.2) is 0 Å². The first kappa shape index (κ1) is 20.7. The lowest BCUT2D eigenvalue weighted by Crippen LogP contribution is -2.48. The number of aryl methyl sites for hydroxylation is 2. The van der Waals surface area contributed by atoms with E-state index in [9.17, 15) is 18.0 Å². The molecular formula is C21H26F3N5O. The number of aromatic amines is 1. The van der Waals surface area contributed by atoms with E-state index in [1.807, 2.05) is 4.90 Å². The molecule has 162 valence electrons. The second kappa shape index (κ2) is 8.65. The number of rotatable bonds is 5. The summed E-state index contributed by atoms with van der Waals surface area (Å²) < 4.78 is 38.2. The summed E-state index contributed by atoms with van der Waals surface area (Å²) in [5.41, 5.74) is 2.74. The van der Waals surface area contributed by atoms with Crippen LogP contribution in [-0.4, -0.2) is 40.2 Å². The highest BCUT2D eigenvalue weighted by Crippen LogP contribution is 2.30. The fourth-order valence-electron chi connectivity index (χ4n) is 4.33. The number of nitrogens with one attached hydrogen (secondary N) is 2. The Morgan fingerprint density at radius 2 is 2.07 bits per heavy atom. The zero-order chi connectivity index (χ0) is 21.1. The first-order valence-electron chi connectivity index (χ1n) is 10.5. The van der Waals surface area contributed by atoms with E-state index in [4.69, 9.17) is 0 Å². The monoisotopic (exact) mass is 421 g/mol. The topological polar surface area (TPSA) is 73.9 Å². The van der Waals surface area contributed by atoms with Gasteiger partial charge in [-0.1, -0.05) is 0 Å². The Hall–Kier alpha value is -2.58. The van der Waals surface area contributed by atoms with Crippen LogP contribution in [0.25, 0.3) is 0 Å². The smallest absolute Gasteiger partial charge is 0.355 e. The van der Waals surface area contributed by atoms with Gasteiger partial charge in [0.05, 0.1) is 11.3 Å². The van der Waals surface area contributed by atoms with Crippen LogP contribution in [-0.2, 0) is 30.2 Å². The molecule has 6 nitrogen and oxygen atoms in total. The molecule has 1 saturated heterocycles. The van der Waals surface area contributed by atoms with Gasteiger partial charge < -0.3 is 10.2 Å². The molecular weight excluding hydrogens is 395 g/mol. The highest BCUT2D eigenvalue weighted by molar-refractivity contribution is 5.76. The summed E-state index contributed by atoms with van der Waals surface area (Å²) in [5.74, 6) is 0.486. The lowest BCUT2D eigenvalue weighted by molar-refractivity contribution is -0.137. The number of hydrogen-bond donors (Lipinski definition) is 2. The predicted octanol–water partition coefficient (Wildman–Crippen LogP) is 3.42. The standard InChI is InChI=1S/C21H26F3N5O/c22-21(23,24)14-7-9-19(25-12-14)29-11-3-4-15(13-29)26-20(30)10-8-18-16-5-1-2-6-17(16)27-28-18/h7,9,12,15H,1-6,8,10-11,13H2,(H,26,30)(H,27,28)/t15-/m1/s1. The van der Waals surface area contributed by atoms with Crippen molar-refractivity contribution < 1.29 is 18.0 Å². The number of carbonyl (C=O) groups excluding carboxylic acids is 1. The van der Waals surface area contributed by atoms with Crippen LogP contribution in [0, 0.1) is 0 Å². The molecule has 0 unspecified atom stereocenters. The van der Waals surface area contributed by atoms with Gasteiger partial charge in [-0.3, -0.25) is 9.89 Å². The van der Waals surface area contributed by atoms with Crippen molar-refractivity contribution in [3.8, 4) is 0 Å². The molecule has 1 amide bonds. The van der Waals surface area contributed by atoms with Gasteiger partial charge in [-0.2, -0.15) is 18.3 Å². The largest absolute Gasteiger partial charge is 0.417 e. The quantitative estimate of drug-likeness (QED) is 0.776. The zero-order valence-corrected chi connectivity index (χ0v) is 16.8. The number of nitrogens with zero attached hydrogens (tertiary/aromatic N) is 3. The van der Waals surface area contributed by atoms with Crippen LogP contribution in [0.2, 0.25) is 0 Å². The molecule has 2 N–H and O–H groups in total. The average molecular weight is 421 g/mol. The number of amides is 1. The van der Waals surface area contributed by atoms with Crippen LogP contribution in [0.4, 0.5) is 19.0 Å². The van der Waals surface area contributed by atoms with Crippen molar-refractivity contribution in [3.63, 3.8) is 0 Å². The predicted molar refractivity (Wildman–Crippen MR) is 106 cm³/mol. The molecule has 4 rings (SSSR count). The zero-order valence-electron chi connectivity index (χ0n) is 16.8. The molecule has 2 aromatic rings. The van der Waals surface area contributed by atoms with Crippen molar-refractivity contribution in [1.29, 1.82) is 0 Å². The lowest BCUT2D eigenvalue weighted by Gasteiger charge is -2.34. The van der Waals surface area contributed by atoms with Crippen molar-refractivity contribution in [2.75, 3.05) is 18.0 Å². The summed E-state index contributed by atoms with van der Waals surface area (Å²) in [6.07, 6.45) is 3.58. The molecule has 0 aromatic carbocycles. The normalized spacial score (nSPS) is 19.4. The number of fused-ring (bicyclic) bond motifs is 1. The van der Waals surface area contributed by atoms with Gasteiger partial charge in [-0.25, -0.2) is 4.98 Å². The average Bonchev–Trinajstić information content (AvgIpc) is 3.15. The van der Waals surface area contributed by atoms with Crippen LogP contribution in [0.5, 0.6) is 0 Å². The Morgan fingerprint density at radius 3 is 2.83 bits per heavy atom. The highest BCUT2D eigenvalue weighted by atomic mass is 19.4. The van der Waals surface area contributed by atoms with E-state index in [1.54, 1.807) is 0 Å². The SMILES string of the molecule is O=C(CCc1n[nH]c2c1CCCC2)N[C@@H]1CCCN(c2ccc(C(F)(F)F)cn2)C1. The molecule has 1 aliphatic carbocycles. The Kier molecular flexibility index (Phi) is 5.97. The molecule has 0 spiro atoms. The minimum atomic E-state index is -4.39. The number of H-pyrrole nitrogens is 1. The molecule has 1 aliphatic heterocycles. The molecule has 9 heteroatoms. The molecule has 1 fully saturated rings. The number of piperidine rings is 1. The molecule has 0 bridgehead atoms. The van der Waals surface area contributed by atoms with Gasteiger partial charge in [0, 0.05) is 43.9 Å². The van der Waals surface area contributed by atoms with Crippen molar-refractivity contribution >= 4 is 11.7 Å². The van der Waals surface area contributed by atoms with Gasteiger partial charge >= 0.3 is 6.18 Å². The summed E-state index contributed by atoms with van der Waals surface area (Å²) in [6.45, 7) is 1.26. The number of alkyl halides is 3. The number of carbonyl (C=O) groups is 1. The number of aromatic nitrogens is 3. The van der Waals surface area contributed by atoms with Crippen LogP contribution >= 0.6 is 0 Å². The summed E-state index contributed by atoms with van der Waals surface area (Å²) in [5, 5.41) is 10.6. The Bertz CT molecular complexity index is 878. The Balaban J connectivity index is 1.29. The Morgan fingerprint density at radius 1 is 1.23 bits per heavy atom. The lowest BCUT2D eigenvalue weighted by atomic mass is 9.94. The van der Waals surface area contributed by atoms with Crippen LogP contribution < -0.4 is 10.2 Å². The van der Waals surface area contributed by atoms with E-state index in [-0.39, 0.29) is 11.9 Å². The summed E-state index contributed by atoms with van der Waals surface area (Å²) in [6, 6.07) is 2.41. The number of hydrogen-bond acceptors (Lipinski definition) is 4. The fraction of sp³-hybridized carbons (Fsp3) is 0.571. The number of halogens is 3. The molecule has 0 saturated carbocycles. The molecule has 2 aromatic heterocycles. The van der Waals surface area contributed by atoms with Crippen molar-refractivity contribution in [1.82, 2.24) is 20.5 Å². The van der Waals surface area contributed by atoms with E-state index in [2.05, 4.69) is 20.5 Å². The van der Waals surface area contributed by atoms with Gasteiger partial charge in [-0.05, 0) is 56.2 Å². The fourth-order valence-corrected chi connectivity index (χ4v) is 4.33. The maximum atomic E-state index is 12.7. The van der Waals surface area contributed by atoms with Gasteiger partial charge in [0.25, 0.3) is 0 Å².